The third-order valence-corrected chi connectivity index (χ3v) is 2.62. The van der Waals surface area contributed by atoms with E-state index in [4.69, 9.17) is 16.0 Å². The minimum absolute atomic E-state index is 0.117. The van der Waals surface area contributed by atoms with Gasteiger partial charge in [-0.25, -0.2) is 0 Å². The quantitative estimate of drug-likeness (QED) is 0.480. The maximum atomic E-state index is 5.83. The fourth-order valence-corrected chi connectivity index (χ4v) is 2.11. The molecule has 1 nitrogen and oxygen atoms in total. The van der Waals surface area contributed by atoms with E-state index < -0.39 is 8.32 Å². The fourth-order valence-electron chi connectivity index (χ4n) is 0.651. The third kappa shape index (κ3) is 5.27. The minimum atomic E-state index is -1.37. The lowest BCUT2D eigenvalue weighted by atomic mass is 10.3. The van der Waals surface area contributed by atoms with Crippen LogP contribution in [0.15, 0.2) is 0 Å². The maximum Gasteiger partial charge on any atom is 0.184 e. The highest BCUT2D eigenvalue weighted by Gasteiger charge is 2.20. The molecule has 10 heavy (non-hydrogen) atoms. The van der Waals surface area contributed by atoms with Crippen LogP contribution in [0.4, 0.5) is 0 Å². The Balaban J connectivity index is 3.68. The summed E-state index contributed by atoms with van der Waals surface area (Å²) in [5.41, 5.74) is 0. The molecule has 0 amide bonds. The van der Waals surface area contributed by atoms with Crippen molar-refractivity contribution >= 4 is 19.9 Å². The van der Waals surface area contributed by atoms with Gasteiger partial charge < -0.3 is 4.43 Å². The molecular weight excluding hydrogens is 164 g/mol. The summed E-state index contributed by atoms with van der Waals surface area (Å²) in [4.78, 5) is 0. The van der Waals surface area contributed by atoms with Gasteiger partial charge in [-0.05, 0) is 33.5 Å². The number of halogens is 1. The molecule has 2 atom stereocenters. The van der Waals surface area contributed by atoms with Gasteiger partial charge in [0.05, 0.1) is 11.5 Å². The van der Waals surface area contributed by atoms with Crippen LogP contribution < -0.4 is 0 Å². The predicted octanol–water partition coefficient (Wildman–Crippen LogP) is 2.85. The van der Waals surface area contributed by atoms with Gasteiger partial charge in [-0.2, -0.15) is 0 Å². The van der Waals surface area contributed by atoms with Gasteiger partial charge in [0.2, 0.25) is 0 Å². The van der Waals surface area contributed by atoms with E-state index in [-0.39, 0.29) is 11.5 Å². The summed E-state index contributed by atoms with van der Waals surface area (Å²) in [5, 5.41) is 0.117. The second-order valence-corrected chi connectivity index (χ2v) is 8.76. The molecule has 0 saturated carbocycles. The van der Waals surface area contributed by atoms with Crippen molar-refractivity contribution in [3.63, 3.8) is 0 Å². The number of alkyl halides is 1. The van der Waals surface area contributed by atoms with Crippen molar-refractivity contribution in [3.05, 3.63) is 0 Å². The van der Waals surface area contributed by atoms with Crippen molar-refractivity contribution in [2.75, 3.05) is 0 Å². The zero-order valence-corrected chi connectivity index (χ0v) is 9.20. The van der Waals surface area contributed by atoms with E-state index in [1.807, 2.05) is 13.8 Å². The van der Waals surface area contributed by atoms with Crippen molar-refractivity contribution < 1.29 is 4.43 Å². The lowest BCUT2D eigenvalue weighted by molar-refractivity contribution is 0.213. The van der Waals surface area contributed by atoms with Crippen LogP contribution in [0, 0.1) is 0 Å². The van der Waals surface area contributed by atoms with E-state index in [1.165, 1.54) is 0 Å². The van der Waals surface area contributed by atoms with Crippen LogP contribution in [-0.2, 0) is 4.43 Å². The highest BCUT2D eigenvalue weighted by atomic mass is 35.5. The van der Waals surface area contributed by atoms with Crippen LogP contribution in [0.1, 0.15) is 13.8 Å². The van der Waals surface area contributed by atoms with Gasteiger partial charge in [-0.3, -0.25) is 0 Å². The number of rotatable bonds is 3. The average molecular weight is 181 g/mol. The second-order valence-electron chi connectivity index (χ2n) is 3.61. The summed E-state index contributed by atoms with van der Waals surface area (Å²) in [6, 6.07) is 0. The Bertz CT molecular complexity index is 98.3. The molecule has 0 aliphatic carbocycles. The Labute approximate surface area is 69.9 Å². The number of hydrogen-bond donors (Lipinski definition) is 0. The Morgan fingerprint density at radius 1 is 1.20 bits per heavy atom. The summed E-state index contributed by atoms with van der Waals surface area (Å²) in [7, 11) is -1.37. The second kappa shape index (κ2) is 3.74. The molecule has 0 aromatic rings. The predicted molar refractivity (Wildman–Crippen MR) is 49.2 cm³/mol. The first-order valence-electron chi connectivity index (χ1n) is 3.65. The third-order valence-electron chi connectivity index (χ3n) is 1.19. The molecule has 2 unspecified atom stereocenters. The van der Waals surface area contributed by atoms with E-state index in [0.29, 0.717) is 0 Å². The van der Waals surface area contributed by atoms with E-state index >= 15 is 0 Å². The largest absolute Gasteiger partial charge is 0.414 e. The molecule has 0 radical (unpaired) electrons. The van der Waals surface area contributed by atoms with Crippen LogP contribution in [0.5, 0.6) is 0 Å². The maximum absolute atomic E-state index is 5.83. The van der Waals surface area contributed by atoms with Crippen LogP contribution in [0.25, 0.3) is 0 Å². The van der Waals surface area contributed by atoms with Crippen molar-refractivity contribution in [1.82, 2.24) is 0 Å². The summed E-state index contributed by atoms with van der Waals surface area (Å²) < 4.78 is 5.71. The zero-order chi connectivity index (χ0) is 8.36. The molecule has 0 N–H and O–H groups in total. The number of hydrogen-bond acceptors (Lipinski definition) is 1. The average Bonchev–Trinajstić information content (AvgIpc) is 1.60. The smallest absolute Gasteiger partial charge is 0.184 e. The van der Waals surface area contributed by atoms with Crippen LogP contribution >= 0.6 is 11.6 Å². The highest BCUT2D eigenvalue weighted by Crippen LogP contribution is 2.12. The van der Waals surface area contributed by atoms with Crippen LogP contribution in [0.3, 0.4) is 0 Å². The topological polar surface area (TPSA) is 9.23 Å². The molecule has 0 bridgehead atoms. The standard InChI is InChI=1S/C7H17ClOSi/c1-6(8)7(2)9-10(3,4)5/h6-7H,1-5H3. The molecule has 0 rings (SSSR count). The van der Waals surface area contributed by atoms with Gasteiger partial charge in [0.1, 0.15) is 0 Å². The molecular formula is C7H17ClOSi. The molecule has 0 fully saturated rings. The first-order chi connectivity index (χ1) is 4.33. The van der Waals surface area contributed by atoms with Gasteiger partial charge in [0.15, 0.2) is 8.32 Å². The summed E-state index contributed by atoms with van der Waals surface area (Å²) >= 11 is 5.83. The SMILES string of the molecule is CC(Cl)C(C)O[Si](C)(C)C. The molecule has 0 aliphatic rings. The van der Waals surface area contributed by atoms with Gasteiger partial charge in [-0.15, -0.1) is 11.6 Å². The molecule has 0 aromatic carbocycles. The van der Waals surface area contributed by atoms with E-state index in [0.717, 1.165) is 0 Å². The normalized spacial score (nSPS) is 18.6. The van der Waals surface area contributed by atoms with Gasteiger partial charge in [-0.1, -0.05) is 0 Å². The van der Waals surface area contributed by atoms with E-state index in [2.05, 4.69) is 19.6 Å². The zero-order valence-electron chi connectivity index (χ0n) is 7.44. The molecule has 0 aromatic heterocycles. The monoisotopic (exact) mass is 180 g/mol. The molecule has 0 spiro atoms. The Morgan fingerprint density at radius 3 is 1.70 bits per heavy atom. The molecule has 62 valence electrons. The minimum Gasteiger partial charge on any atom is -0.414 e. The fraction of sp³-hybridized carbons (Fsp3) is 1.00. The Kier molecular flexibility index (Phi) is 3.92. The van der Waals surface area contributed by atoms with Crippen LogP contribution in [0.2, 0.25) is 19.6 Å². The summed E-state index contributed by atoms with van der Waals surface area (Å²) in [6.45, 7) is 10.5. The van der Waals surface area contributed by atoms with Crippen LogP contribution in [-0.4, -0.2) is 19.8 Å². The van der Waals surface area contributed by atoms with Crippen molar-refractivity contribution in [3.8, 4) is 0 Å². The highest BCUT2D eigenvalue weighted by molar-refractivity contribution is 6.69. The summed E-state index contributed by atoms with van der Waals surface area (Å²) in [5.74, 6) is 0. The Morgan fingerprint density at radius 2 is 1.60 bits per heavy atom. The first-order valence-corrected chi connectivity index (χ1v) is 7.49. The van der Waals surface area contributed by atoms with Crippen molar-refractivity contribution in [1.29, 1.82) is 0 Å². The Hall–Kier alpha value is 0.467. The van der Waals surface area contributed by atoms with E-state index in [1.54, 1.807) is 0 Å². The summed E-state index contributed by atoms with van der Waals surface area (Å²) in [6.07, 6.45) is 0.188. The molecule has 0 heterocycles. The lowest BCUT2D eigenvalue weighted by Crippen LogP contribution is -2.34. The van der Waals surface area contributed by atoms with Gasteiger partial charge in [0, 0.05) is 0 Å². The lowest BCUT2D eigenvalue weighted by Gasteiger charge is -2.24. The van der Waals surface area contributed by atoms with E-state index in [9.17, 15) is 0 Å². The van der Waals surface area contributed by atoms with Crippen molar-refractivity contribution in [2.45, 2.75) is 45.0 Å². The first kappa shape index (κ1) is 10.5. The molecule has 0 aliphatic heterocycles. The van der Waals surface area contributed by atoms with Crippen molar-refractivity contribution in [2.24, 2.45) is 0 Å². The van der Waals surface area contributed by atoms with Gasteiger partial charge >= 0.3 is 0 Å². The van der Waals surface area contributed by atoms with Gasteiger partial charge in [0.25, 0.3) is 0 Å². The molecule has 3 heteroatoms. The molecule has 0 saturated heterocycles.